The van der Waals surface area contributed by atoms with Gasteiger partial charge in [-0.25, -0.2) is 9.78 Å². The second kappa shape index (κ2) is 5.83. The maximum atomic E-state index is 12.1. The summed E-state index contributed by atoms with van der Waals surface area (Å²) in [4.78, 5) is 41.3. The first kappa shape index (κ1) is 14.2. The van der Waals surface area contributed by atoms with Crippen molar-refractivity contribution < 1.29 is 4.79 Å². The van der Waals surface area contributed by atoms with Crippen molar-refractivity contribution in [3.05, 3.63) is 49.2 Å². The van der Waals surface area contributed by atoms with E-state index >= 15 is 0 Å². The van der Waals surface area contributed by atoms with Gasteiger partial charge in [0, 0.05) is 24.8 Å². The minimum Gasteiger partial charge on any atom is -0.343 e. The van der Waals surface area contributed by atoms with Crippen LogP contribution in [0.1, 0.15) is 34.8 Å². The van der Waals surface area contributed by atoms with Crippen LogP contribution in [0.2, 0.25) is 0 Å². The van der Waals surface area contributed by atoms with Crippen LogP contribution in [0, 0.1) is 0 Å². The maximum absolute atomic E-state index is 12.1. The number of H-pyrrole nitrogens is 1. The average molecular weight is 294 g/mol. The van der Waals surface area contributed by atoms with Gasteiger partial charge in [-0.1, -0.05) is 6.92 Å². The van der Waals surface area contributed by atoms with Gasteiger partial charge in [0.1, 0.15) is 10.6 Å². The molecule has 1 atom stereocenters. The highest BCUT2D eigenvalue weighted by molar-refractivity contribution is 7.09. The van der Waals surface area contributed by atoms with Crippen LogP contribution in [-0.4, -0.2) is 20.4 Å². The standard InChI is InChI=1S/C12H14N4O3S/c1-3-8(11-13-4-5-20-11)14-9(17)7-6-16(2)12(19)15-10(7)18/h4-6,8H,3H2,1-2H3,(H,14,17)(H,15,18,19). The van der Waals surface area contributed by atoms with Crippen molar-refractivity contribution in [2.75, 3.05) is 0 Å². The molecule has 0 fully saturated rings. The summed E-state index contributed by atoms with van der Waals surface area (Å²) in [5.74, 6) is -0.524. The second-order valence-corrected chi connectivity index (χ2v) is 5.14. The summed E-state index contributed by atoms with van der Waals surface area (Å²) in [6, 6.07) is -0.251. The predicted octanol–water partition coefficient (Wildman–Crippen LogP) is 0.411. The molecule has 0 aliphatic carbocycles. The summed E-state index contributed by atoms with van der Waals surface area (Å²) in [6.07, 6.45) is 3.54. The molecule has 0 bridgehead atoms. The Morgan fingerprint density at radius 2 is 2.30 bits per heavy atom. The molecule has 0 saturated carbocycles. The number of hydrogen-bond donors (Lipinski definition) is 2. The number of nitrogens with one attached hydrogen (secondary N) is 2. The summed E-state index contributed by atoms with van der Waals surface area (Å²) in [7, 11) is 1.47. The third-order valence-corrected chi connectivity index (χ3v) is 3.71. The van der Waals surface area contributed by atoms with Gasteiger partial charge in [-0.2, -0.15) is 0 Å². The van der Waals surface area contributed by atoms with Crippen LogP contribution < -0.4 is 16.6 Å². The van der Waals surface area contributed by atoms with Crippen LogP contribution in [0.4, 0.5) is 0 Å². The molecule has 0 saturated heterocycles. The van der Waals surface area contributed by atoms with Crippen LogP contribution in [-0.2, 0) is 7.05 Å². The highest BCUT2D eigenvalue weighted by atomic mass is 32.1. The molecule has 7 nitrogen and oxygen atoms in total. The normalized spacial score (nSPS) is 12.1. The van der Waals surface area contributed by atoms with Gasteiger partial charge >= 0.3 is 5.69 Å². The molecule has 0 radical (unpaired) electrons. The zero-order valence-electron chi connectivity index (χ0n) is 11.0. The first-order valence-corrected chi connectivity index (χ1v) is 6.91. The lowest BCUT2D eigenvalue weighted by molar-refractivity contribution is 0.0933. The summed E-state index contributed by atoms with van der Waals surface area (Å²) >= 11 is 1.44. The number of aryl methyl sites for hydroxylation is 1. The summed E-state index contributed by atoms with van der Waals surface area (Å²) < 4.78 is 1.15. The molecule has 20 heavy (non-hydrogen) atoms. The van der Waals surface area contributed by atoms with E-state index in [4.69, 9.17) is 0 Å². The number of aromatic nitrogens is 3. The predicted molar refractivity (Wildman–Crippen MR) is 74.9 cm³/mol. The number of amides is 1. The number of nitrogens with zero attached hydrogens (tertiary/aromatic N) is 2. The van der Waals surface area contributed by atoms with E-state index in [1.807, 2.05) is 12.3 Å². The van der Waals surface area contributed by atoms with Gasteiger partial charge in [0.15, 0.2) is 0 Å². The van der Waals surface area contributed by atoms with Crippen LogP contribution in [0.5, 0.6) is 0 Å². The molecule has 2 aromatic heterocycles. The van der Waals surface area contributed by atoms with Gasteiger partial charge in [0.2, 0.25) is 0 Å². The van der Waals surface area contributed by atoms with Gasteiger partial charge < -0.3 is 9.88 Å². The SMILES string of the molecule is CCC(NC(=O)c1cn(C)c(=O)[nH]c1=O)c1nccs1. The number of hydrogen-bond acceptors (Lipinski definition) is 5. The van der Waals surface area contributed by atoms with Crippen molar-refractivity contribution in [2.45, 2.75) is 19.4 Å². The Morgan fingerprint density at radius 3 is 2.90 bits per heavy atom. The lowest BCUT2D eigenvalue weighted by Gasteiger charge is -2.14. The first-order valence-electron chi connectivity index (χ1n) is 6.03. The van der Waals surface area contributed by atoms with Gasteiger partial charge in [-0.3, -0.25) is 14.6 Å². The molecule has 8 heteroatoms. The average Bonchev–Trinajstić information content (AvgIpc) is 2.93. The van der Waals surface area contributed by atoms with Gasteiger partial charge in [-0.05, 0) is 6.42 Å². The summed E-state index contributed by atoms with van der Waals surface area (Å²) in [5, 5.41) is 5.35. The van der Waals surface area contributed by atoms with Crippen LogP contribution in [0.3, 0.4) is 0 Å². The van der Waals surface area contributed by atoms with Crippen LogP contribution in [0.25, 0.3) is 0 Å². The van der Waals surface area contributed by atoms with Gasteiger partial charge in [0.25, 0.3) is 11.5 Å². The molecule has 2 aromatic rings. The fraction of sp³-hybridized carbons (Fsp3) is 0.333. The molecule has 1 unspecified atom stereocenters. The van der Waals surface area contributed by atoms with Gasteiger partial charge in [0.05, 0.1) is 6.04 Å². The van der Waals surface area contributed by atoms with E-state index in [0.717, 1.165) is 9.57 Å². The van der Waals surface area contributed by atoms with E-state index in [9.17, 15) is 14.4 Å². The molecular weight excluding hydrogens is 280 g/mol. The highest BCUT2D eigenvalue weighted by Crippen LogP contribution is 2.18. The summed E-state index contributed by atoms with van der Waals surface area (Å²) in [6.45, 7) is 1.91. The molecule has 0 aromatic carbocycles. The first-order chi connectivity index (χ1) is 9.52. The molecule has 2 heterocycles. The lowest BCUT2D eigenvalue weighted by atomic mass is 10.2. The minimum atomic E-state index is -0.695. The quantitative estimate of drug-likeness (QED) is 0.853. The lowest BCUT2D eigenvalue weighted by Crippen LogP contribution is -2.37. The van der Waals surface area contributed by atoms with E-state index in [-0.39, 0.29) is 11.6 Å². The Hall–Kier alpha value is -2.22. The number of thiazole rings is 1. The summed E-state index contributed by atoms with van der Waals surface area (Å²) in [5.41, 5.74) is -1.35. The highest BCUT2D eigenvalue weighted by Gasteiger charge is 2.18. The monoisotopic (exact) mass is 294 g/mol. The molecule has 0 spiro atoms. The van der Waals surface area contributed by atoms with Crippen LogP contribution >= 0.6 is 11.3 Å². The minimum absolute atomic E-state index is 0.0953. The fourth-order valence-electron chi connectivity index (χ4n) is 1.71. The number of aromatic amines is 1. The Labute approximate surface area is 118 Å². The van der Waals surface area contributed by atoms with Crippen molar-refractivity contribution in [1.82, 2.24) is 19.9 Å². The van der Waals surface area contributed by atoms with Crippen molar-refractivity contribution in [1.29, 1.82) is 0 Å². The van der Waals surface area contributed by atoms with Crippen molar-refractivity contribution in [3.8, 4) is 0 Å². The van der Waals surface area contributed by atoms with E-state index in [1.54, 1.807) is 6.20 Å². The topological polar surface area (TPSA) is 96.9 Å². The molecule has 2 rings (SSSR count). The number of rotatable bonds is 4. The second-order valence-electron chi connectivity index (χ2n) is 4.22. The van der Waals surface area contributed by atoms with E-state index in [2.05, 4.69) is 15.3 Å². The van der Waals surface area contributed by atoms with Crippen molar-refractivity contribution >= 4 is 17.2 Å². The molecule has 2 N–H and O–H groups in total. The Morgan fingerprint density at radius 1 is 1.55 bits per heavy atom. The Kier molecular flexibility index (Phi) is 4.14. The van der Waals surface area contributed by atoms with Crippen molar-refractivity contribution in [3.63, 3.8) is 0 Å². The molecule has 0 aliphatic rings. The number of carbonyl (C=O) groups is 1. The molecule has 106 valence electrons. The molecule has 1 amide bonds. The molecular formula is C12H14N4O3S. The third kappa shape index (κ3) is 2.85. The van der Waals surface area contributed by atoms with E-state index < -0.39 is 17.2 Å². The largest absolute Gasteiger partial charge is 0.343 e. The van der Waals surface area contributed by atoms with E-state index in [0.29, 0.717) is 6.42 Å². The Balaban J connectivity index is 2.26. The fourth-order valence-corrected chi connectivity index (χ4v) is 2.48. The Bertz CT molecular complexity index is 717. The number of carbonyl (C=O) groups excluding carboxylic acids is 1. The van der Waals surface area contributed by atoms with E-state index in [1.165, 1.54) is 24.6 Å². The zero-order chi connectivity index (χ0) is 14.7. The zero-order valence-corrected chi connectivity index (χ0v) is 11.9. The smallest absolute Gasteiger partial charge is 0.328 e. The molecule has 0 aliphatic heterocycles. The maximum Gasteiger partial charge on any atom is 0.328 e. The third-order valence-electron chi connectivity index (χ3n) is 2.82. The van der Waals surface area contributed by atoms with Crippen molar-refractivity contribution in [2.24, 2.45) is 7.05 Å². The van der Waals surface area contributed by atoms with Gasteiger partial charge in [-0.15, -0.1) is 11.3 Å². The van der Waals surface area contributed by atoms with Crippen LogP contribution in [0.15, 0.2) is 27.4 Å².